The number of thiophene rings is 1. The predicted octanol–water partition coefficient (Wildman–Crippen LogP) is 3.53. The topological polar surface area (TPSA) is 26.3 Å². The van der Waals surface area contributed by atoms with Gasteiger partial charge in [-0.3, -0.25) is 4.79 Å². The van der Waals surface area contributed by atoms with Crippen molar-refractivity contribution in [3.8, 4) is 5.75 Å². The van der Waals surface area contributed by atoms with E-state index in [2.05, 4.69) is 0 Å². The Labute approximate surface area is 110 Å². The van der Waals surface area contributed by atoms with Gasteiger partial charge >= 0.3 is 0 Å². The zero-order valence-corrected chi connectivity index (χ0v) is 11.3. The molecule has 0 radical (unpaired) electrons. The van der Waals surface area contributed by atoms with E-state index in [1.165, 1.54) is 10.4 Å². The minimum Gasteiger partial charge on any atom is -0.493 e. The van der Waals surface area contributed by atoms with Gasteiger partial charge in [-0.15, -0.1) is 11.3 Å². The van der Waals surface area contributed by atoms with Crippen molar-refractivity contribution in [3.63, 3.8) is 0 Å². The molecule has 2 nitrogen and oxygen atoms in total. The van der Waals surface area contributed by atoms with Crippen LogP contribution in [-0.2, 0) is 6.42 Å². The predicted molar refractivity (Wildman–Crippen MR) is 72.9 cm³/mol. The second-order valence-electron chi connectivity index (χ2n) is 4.60. The number of carbonyl (C=O) groups excluding carboxylic acids is 1. The van der Waals surface area contributed by atoms with Gasteiger partial charge in [-0.25, -0.2) is 0 Å². The maximum atomic E-state index is 12.4. The second-order valence-corrected chi connectivity index (χ2v) is 5.86. The Morgan fingerprint density at radius 1 is 1.28 bits per heavy atom. The first-order valence-corrected chi connectivity index (χ1v) is 6.84. The SMILES string of the molecule is Cc1cc(C(=O)c2ccc3c(c2)CCO3)sc1C. The van der Waals surface area contributed by atoms with Crippen molar-refractivity contribution in [1.82, 2.24) is 0 Å². The largest absolute Gasteiger partial charge is 0.493 e. The van der Waals surface area contributed by atoms with Crippen LogP contribution in [0.15, 0.2) is 24.3 Å². The average molecular weight is 258 g/mol. The molecule has 1 aromatic heterocycles. The first-order valence-electron chi connectivity index (χ1n) is 6.02. The number of ether oxygens (including phenoxy) is 1. The summed E-state index contributed by atoms with van der Waals surface area (Å²) in [5, 5.41) is 0. The highest BCUT2D eigenvalue weighted by atomic mass is 32.1. The summed E-state index contributed by atoms with van der Waals surface area (Å²) in [5.41, 5.74) is 3.10. The highest BCUT2D eigenvalue weighted by molar-refractivity contribution is 7.14. The molecule has 0 fully saturated rings. The Hall–Kier alpha value is -1.61. The number of ketones is 1. The highest BCUT2D eigenvalue weighted by Gasteiger charge is 2.17. The Kier molecular flexibility index (Phi) is 2.71. The second kappa shape index (κ2) is 4.25. The molecule has 18 heavy (non-hydrogen) atoms. The van der Waals surface area contributed by atoms with Crippen LogP contribution in [0, 0.1) is 13.8 Å². The van der Waals surface area contributed by atoms with Crippen molar-refractivity contribution in [3.05, 3.63) is 50.7 Å². The molecule has 2 aromatic rings. The summed E-state index contributed by atoms with van der Waals surface area (Å²) in [6.07, 6.45) is 0.902. The van der Waals surface area contributed by atoms with E-state index in [1.807, 2.05) is 38.1 Å². The lowest BCUT2D eigenvalue weighted by atomic mass is 10.0. The number of aryl methyl sites for hydroxylation is 2. The van der Waals surface area contributed by atoms with E-state index in [0.717, 1.165) is 34.8 Å². The van der Waals surface area contributed by atoms with E-state index in [9.17, 15) is 4.79 Å². The molecular formula is C15H14O2S. The molecule has 3 heteroatoms. The molecule has 0 amide bonds. The lowest BCUT2D eigenvalue weighted by Gasteiger charge is -2.02. The van der Waals surface area contributed by atoms with E-state index in [0.29, 0.717) is 0 Å². The van der Waals surface area contributed by atoms with Crippen LogP contribution in [0.2, 0.25) is 0 Å². The Morgan fingerprint density at radius 3 is 2.83 bits per heavy atom. The number of carbonyl (C=O) groups is 1. The van der Waals surface area contributed by atoms with Crippen LogP contribution in [0.4, 0.5) is 0 Å². The zero-order valence-electron chi connectivity index (χ0n) is 10.4. The summed E-state index contributed by atoms with van der Waals surface area (Å²) in [4.78, 5) is 14.4. The number of hydrogen-bond donors (Lipinski definition) is 0. The molecule has 0 unspecified atom stereocenters. The molecule has 0 aliphatic carbocycles. The monoisotopic (exact) mass is 258 g/mol. The van der Waals surface area contributed by atoms with Crippen LogP contribution in [0.3, 0.4) is 0 Å². The molecule has 1 aromatic carbocycles. The highest BCUT2D eigenvalue weighted by Crippen LogP contribution is 2.28. The molecule has 0 saturated carbocycles. The van der Waals surface area contributed by atoms with Gasteiger partial charge in [0.25, 0.3) is 0 Å². The molecule has 0 N–H and O–H groups in total. The molecule has 92 valence electrons. The molecular weight excluding hydrogens is 244 g/mol. The van der Waals surface area contributed by atoms with E-state index in [1.54, 1.807) is 11.3 Å². The molecule has 0 saturated heterocycles. The van der Waals surface area contributed by atoms with E-state index < -0.39 is 0 Å². The fourth-order valence-electron chi connectivity index (χ4n) is 2.16. The summed E-state index contributed by atoms with van der Waals surface area (Å²) < 4.78 is 5.45. The minimum atomic E-state index is 0.117. The maximum absolute atomic E-state index is 12.4. The molecule has 0 spiro atoms. The van der Waals surface area contributed by atoms with Crippen LogP contribution in [0.1, 0.15) is 31.2 Å². The van der Waals surface area contributed by atoms with Crippen molar-refractivity contribution in [2.45, 2.75) is 20.3 Å². The van der Waals surface area contributed by atoms with Gasteiger partial charge in [-0.1, -0.05) is 0 Å². The van der Waals surface area contributed by atoms with E-state index >= 15 is 0 Å². The van der Waals surface area contributed by atoms with E-state index in [4.69, 9.17) is 4.74 Å². The maximum Gasteiger partial charge on any atom is 0.202 e. The number of hydrogen-bond acceptors (Lipinski definition) is 3. The third kappa shape index (κ3) is 1.85. The van der Waals surface area contributed by atoms with Gasteiger partial charge in [0, 0.05) is 16.9 Å². The summed E-state index contributed by atoms with van der Waals surface area (Å²) in [7, 11) is 0. The lowest BCUT2D eigenvalue weighted by Crippen LogP contribution is -1.98. The molecule has 0 bridgehead atoms. The zero-order chi connectivity index (χ0) is 12.7. The van der Waals surface area contributed by atoms with Gasteiger partial charge in [0.15, 0.2) is 0 Å². The van der Waals surface area contributed by atoms with E-state index in [-0.39, 0.29) is 5.78 Å². The average Bonchev–Trinajstić information content (AvgIpc) is 2.95. The van der Waals surface area contributed by atoms with Crippen LogP contribution < -0.4 is 4.74 Å². The van der Waals surface area contributed by atoms with Crippen molar-refractivity contribution in [1.29, 1.82) is 0 Å². The van der Waals surface area contributed by atoms with Crippen molar-refractivity contribution >= 4 is 17.1 Å². The standard InChI is InChI=1S/C15H14O2S/c1-9-7-14(18-10(9)2)15(16)12-3-4-13-11(8-12)5-6-17-13/h3-4,7-8H,5-6H2,1-2H3. The Morgan fingerprint density at radius 2 is 2.11 bits per heavy atom. The van der Waals surface area contributed by atoms with Crippen LogP contribution in [0.25, 0.3) is 0 Å². The molecule has 1 aliphatic rings. The lowest BCUT2D eigenvalue weighted by molar-refractivity contribution is 0.104. The third-order valence-electron chi connectivity index (χ3n) is 3.34. The molecule has 0 atom stereocenters. The smallest absolute Gasteiger partial charge is 0.202 e. The number of rotatable bonds is 2. The van der Waals surface area contributed by atoms with Crippen molar-refractivity contribution in [2.24, 2.45) is 0 Å². The summed E-state index contributed by atoms with van der Waals surface area (Å²) in [6.45, 7) is 4.82. The molecule has 2 heterocycles. The van der Waals surface area contributed by atoms with Crippen LogP contribution in [0.5, 0.6) is 5.75 Å². The van der Waals surface area contributed by atoms with Gasteiger partial charge in [0.05, 0.1) is 11.5 Å². The number of benzene rings is 1. The normalized spacial score (nSPS) is 13.2. The third-order valence-corrected chi connectivity index (χ3v) is 4.49. The Bertz CT molecular complexity index is 606. The molecule has 3 rings (SSSR count). The summed E-state index contributed by atoms with van der Waals surface area (Å²) in [5.74, 6) is 1.04. The molecule has 1 aliphatic heterocycles. The van der Waals surface area contributed by atoms with Gasteiger partial charge in [0.2, 0.25) is 5.78 Å². The summed E-state index contributed by atoms with van der Waals surface area (Å²) in [6, 6.07) is 7.71. The van der Waals surface area contributed by atoms with Gasteiger partial charge in [-0.2, -0.15) is 0 Å². The minimum absolute atomic E-state index is 0.117. The Balaban J connectivity index is 1.97. The van der Waals surface area contributed by atoms with Crippen LogP contribution >= 0.6 is 11.3 Å². The van der Waals surface area contributed by atoms with Crippen LogP contribution in [-0.4, -0.2) is 12.4 Å². The van der Waals surface area contributed by atoms with Gasteiger partial charge in [0.1, 0.15) is 5.75 Å². The van der Waals surface area contributed by atoms with Crippen molar-refractivity contribution < 1.29 is 9.53 Å². The number of fused-ring (bicyclic) bond motifs is 1. The van der Waals surface area contributed by atoms with Gasteiger partial charge < -0.3 is 4.74 Å². The first kappa shape index (κ1) is 11.5. The van der Waals surface area contributed by atoms with Crippen molar-refractivity contribution in [2.75, 3.05) is 6.61 Å². The van der Waals surface area contributed by atoms with Gasteiger partial charge in [-0.05, 0) is 49.2 Å². The first-order chi connectivity index (χ1) is 8.65. The fraction of sp³-hybridized carbons (Fsp3) is 0.267. The summed E-state index contributed by atoms with van der Waals surface area (Å²) >= 11 is 1.57. The fourth-order valence-corrected chi connectivity index (χ4v) is 3.15. The quantitative estimate of drug-likeness (QED) is 0.770.